The molecule has 2 aromatic carbocycles. The number of hydrogen-bond acceptors (Lipinski definition) is 8. The standard InChI is InChI=1S/C30H38N10O3.C2HF3O2/c31-22-11-7-19(8-12-22)16-25(29(43)39-24(27(34)41)4-2-14-38-30(35)36)40-28(42)23(21-3-1-13-37-17-21)15-18-5-9-20(10-6-18)26(32)33;3-2(4,5)1(6)7/h1,3,5-13,17,23-25H,2,4,14-16,31H2,(H3,32,33)(H2,34,41)(H,39,43)(H,40,42)(H4,35,36,38);(H,6,7)/t23?,24-,25-;/m0./s1. The van der Waals surface area contributed by atoms with Gasteiger partial charge in [0.1, 0.15) is 17.9 Å². The van der Waals surface area contributed by atoms with Crippen LogP contribution in [0.3, 0.4) is 0 Å². The van der Waals surface area contributed by atoms with Gasteiger partial charge < -0.3 is 44.4 Å². The molecule has 1 unspecified atom stereocenters. The van der Waals surface area contributed by atoms with E-state index in [1.54, 1.807) is 73.1 Å². The highest BCUT2D eigenvalue weighted by Gasteiger charge is 2.38. The van der Waals surface area contributed by atoms with Crippen molar-refractivity contribution in [1.82, 2.24) is 15.6 Å². The summed E-state index contributed by atoms with van der Waals surface area (Å²) in [5.74, 6) is -5.32. The number of anilines is 1. The van der Waals surface area contributed by atoms with Gasteiger partial charge in [-0.3, -0.25) is 29.8 Å². The zero-order valence-electron chi connectivity index (χ0n) is 26.7. The number of carboxylic acid groups (broad SMARTS) is 1. The number of carboxylic acids is 1. The summed E-state index contributed by atoms with van der Waals surface area (Å²) in [6, 6.07) is 15.4. The number of primary amides is 1. The summed E-state index contributed by atoms with van der Waals surface area (Å²) >= 11 is 0. The van der Waals surface area contributed by atoms with E-state index in [4.69, 9.17) is 44.0 Å². The maximum Gasteiger partial charge on any atom is 0.490 e. The predicted octanol–water partition coefficient (Wildman–Crippen LogP) is 0.659. The topological polar surface area (TPSA) is 292 Å². The highest BCUT2D eigenvalue weighted by molar-refractivity contribution is 5.95. The SMILES string of the molecule is N=C(N)c1ccc(CC(C(=O)N[C@@H](Cc2ccc(N)cc2)C(=O)N[C@@H](CCCN=C(N)N)C(N)=O)c2cccnc2)cc1.O=C(O)C(F)(F)F. The summed E-state index contributed by atoms with van der Waals surface area (Å²) in [5, 5.41) is 20.3. The van der Waals surface area contributed by atoms with Crippen molar-refractivity contribution in [2.45, 2.75) is 49.9 Å². The Morgan fingerprint density at radius 1 is 0.860 bits per heavy atom. The van der Waals surface area contributed by atoms with Crippen LogP contribution in [0.2, 0.25) is 0 Å². The van der Waals surface area contributed by atoms with Crippen LogP contribution in [0.1, 0.15) is 41.0 Å². The number of carbonyl (C=O) groups is 4. The molecule has 3 rings (SSSR count). The minimum Gasteiger partial charge on any atom is -0.475 e. The number of aromatic nitrogens is 1. The third-order valence-corrected chi connectivity index (χ3v) is 7.01. The van der Waals surface area contributed by atoms with Crippen molar-refractivity contribution < 1.29 is 37.5 Å². The Hall–Kier alpha value is -6.20. The highest BCUT2D eigenvalue weighted by Crippen LogP contribution is 2.22. The lowest BCUT2D eigenvalue weighted by molar-refractivity contribution is -0.192. The number of aliphatic imine (C=N–C) groups is 1. The largest absolute Gasteiger partial charge is 0.490 e. The molecule has 3 atom stereocenters. The lowest BCUT2D eigenvalue weighted by atomic mass is 9.91. The second-order valence-electron chi connectivity index (χ2n) is 10.9. The minimum atomic E-state index is -5.08. The molecular weight excluding hydrogens is 661 g/mol. The molecule has 3 aromatic rings. The number of halogens is 3. The molecule has 0 aliphatic rings. The number of nitrogen functional groups attached to an aromatic ring is 2. The lowest BCUT2D eigenvalue weighted by Gasteiger charge is -2.25. The van der Waals surface area contributed by atoms with Gasteiger partial charge >= 0.3 is 12.1 Å². The van der Waals surface area contributed by atoms with Crippen molar-refractivity contribution in [1.29, 1.82) is 5.41 Å². The second-order valence-corrected chi connectivity index (χ2v) is 10.9. The highest BCUT2D eigenvalue weighted by atomic mass is 19.4. The van der Waals surface area contributed by atoms with Crippen LogP contribution in [-0.4, -0.2) is 70.4 Å². The summed E-state index contributed by atoms with van der Waals surface area (Å²) in [7, 11) is 0. The van der Waals surface area contributed by atoms with Gasteiger partial charge in [0.05, 0.1) is 5.92 Å². The van der Waals surface area contributed by atoms with Crippen LogP contribution >= 0.6 is 0 Å². The zero-order chi connectivity index (χ0) is 37.4. The van der Waals surface area contributed by atoms with Crippen LogP contribution in [0.15, 0.2) is 78.0 Å². The van der Waals surface area contributed by atoms with Crippen molar-refractivity contribution in [3.05, 3.63) is 95.3 Å². The predicted molar refractivity (Wildman–Crippen MR) is 179 cm³/mol. The molecule has 0 saturated carbocycles. The van der Waals surface area contributed by atoms with Crippen LogP contribution in [0.5, 0.6) is 0 Å². The monoisotopic (exact) mass is 700 g/mol. The number of carbonyl (C=O) groups excluding carboxylic acids is 3. The number of alkyl halides is 3. The van der Waals surface area contributed by atoms with Gasteiger partial charge in [0.2, 0.25) is 17.7 Å². The normalized spacial score (nSPS) is 12.5. The number of amidine groups is 1. The van der Waals surface area contributed by atoms with Crippen molar-refractivity contribution in [2.24, 2.45) is 27.9 Å². The van der Waals surface area contributed by atoms with E-state index in [1.807, 2.05) is 0 Å². The van der Waals surface area contributed by atoms with Crippen molar-refractivity contribution in [3.8, 4) is 0 Å². The summed E-state index contributed by atoms with van der Waals surface area (Å²) in [6.07, 6.45) is -0.857. The molecule has 3 amide bonds. The van der Waals surface area contributed by atoms with Crippen molar-refractivity contribution >= 4 is 41.2 Å². The van der Waals surface area contributed by atoms with Gasteiger partial charge in [0.15, 0.2) is 5.96 Å². The third-order valence-electron chi connectivity index (χ3n) is 7.01. The van der Waals surface area contributed by atoms with E-state index in [0.29, 0.717) is 29.7 Å². The van der Waals surface area contributed by atoms with E-state index in [9.17, 15) is 27.6 Å². The van der Waals surface area contributed by atoms with Gasteiger partial charge in [-0.15, -0.1) is 0 Å². The van der Waals surface area contributed by atoms with Crippen LogP contribution in [0.25, 0.3) is 0 Å². The molecule has 14 N–H and O–H groups in total. The molecule has 1 aromatic heterocycles. The number of aliphatic carboxylic acids is 1. The maximum atomic E-state index is 13.9. The number of guanidine groups is 1. The smallest absolute Gasteiger partial charge is 0.475 e. The van der Waals surface area contributed by atoms with Crippen LogP contribution in [-0.2, 0) is 32.0 Å². The number of hydrogen-bond donors (Lipinski definition) is 9. The first-order valence-electron chi connectivity index (χ1n) is 14.9. The first kappa shape index (κ1) is 40.0. The fourth-order valence-electron chi connectivity index (χ4n) is 4.43. The molecule has 0 spiro atoms. The van der Waals surface area contributed by atoms with Gasteiger partial charge in [-0.2, -0.15) is 13.2 Å². The molecule has 0 fully saturated rings. The lowest BCUT2D eigenvalue weighted by Crippen LogP contribution is -2.54. The van der Waals surface area contributed by atoms with Crippen LogP contribution < -0.4 is 39.3 Å². The quantitative estimate of drug-likeness (QED) is 0.0462. The Bertz CT molecular complexity index is 1630. The van der Waals surface area contributed by atoms with Crippen molar-refractivity contribution in [3.63, 3.8) is 0 Å². The molecule has 50 heavy (non-hydrogen) atoms. The minimum absolute atomic E-state index is 0.0601. The number of benzene rings is 2. The molecule has 18 heteroatoms. The maximum absolute atomic E-state index is 13.9. The Morgan fingerprint density at radius 2 is 1.42 bits per heavy atom. The van der Waals surface area contributed by atoms with Gasteiger partial charge in [0.25, 0.3) is 0 Å². The average Bonchev–Trinajstić information content (AvgIpc) is 3.05. The number of pyridine rings is 1. The molecular formula is C32H39F3N10O5. The molecule has 1 heterocycles. The Kier molecular flexibility index (Phi) is 15.2. The van der Waals surface area contributed by atoms with Gasteiger partial charge in [-0.05, 0) is 54.2 Å². The van der Waals surface area contributed by atoms with Crippen molar-refractivity contribution in [2.75, 3.05) is 12.3 Å². The molecule has 0 aliphatic carbocycles. The molecule has 15 nitrogen and oxygen atoms in total. The summed E-state index contributed by atoms with van der Waals surface area (Å²) in [4.78, 5) is 56.5. The fraction of sp³-hybridized carbons (Fsp3) is 0.281. The fourth-order valence-corrected chi connectivity index (χ4v) is 4.43. The first-order chi connectivity index (χ1) is 23.5. The van der Waals surface area contributed by atoms with Crippen LogP contribution in [0.4, 0.5) is 18.9 Å². The summed E-state index contributed by atoms with van der Waals surface area (Å²) in [5.41, 5.74) is 31.0. The van der Waals surface area contributed by atoms with E-state index < -0.39 is 47.9 Å². The van der Waals surface area contributed by atoms with Crippen LogP contribution in [0, 0.1) is 5.41 Å². The number of nitrogens with one attached hydrogen (secondary N) is 3. The van der Waals surface area contributed by atoms with Gasteiger partial charge in [-0.1, -0.05) is 42.5 Å². The summed E-state index contributed by atoms with van der Waals surface area (Å²) in [6.45, 7) is 0.258. The Morgan fingerprint density at radius 3 is 1.92 bits per heavy atom. The van der Waals surface area contributed by atoms with E-state index >= 15 is 0 Å². The van der Waals surface area contributed by atoms with Gasteiger partial charge in [-0.25, -0.2) is 4.79 Å². The Labute approximate surface area is 285 Å². The molecule has 268 valence electrons. The van der Waals surface area contributed by atoms with E-state index in [-0.39, 0.29) is 31.2 Å². The molecule has 0 bridgehead atoms. The molecule has 0 aliphatic heterocycles. The third kappa shape index (κ3) is 13.9. The average molecular weight is 701 g/mol. The number of nitrogens with zero attached hydrogens (tertiary/aromatic N) is 2. The first-order valence-corrected chi connectivity index (χ1v) is 14.9. The van der Waals surface area contributed by atoms with Gasteiger partial charge in [0, 0.05) is 36.6 Å². The van der Waals surface area contributed by atoms with E-state index in [1.165, 1.54) is 0 Å². The number of amides is 3. The number of rotatable bonds is 15. The van der Waals surface area contributed by atoms with E-state index in [2.05, 4.69) is 20.6 Å². The van der Waals surface area contributed by atoms with E-state index in [0.717, 1.165) is 11.1 Å². The zero-order valence-corrected chi connectivity index (χ0v) is 26.7. The summed E-state index contributed by atoms with van der Waals surface area (Å²) < 4.78 is 31.7. The second kappa shape index (κ2) is 19.0. The number of nitrogens with two attached hydrogens (primary N) is 5. The Balaban J connectivity index is 0.00000112. The molecule has 0 saturated heterocycles. The molecule has 0 radical (unpaired) electrons.